The van der Waals surface area contributed by atoms with Gasteiger partial charge in [-0.3, -0.25) is 0 Å². The van der Waals surface area contributed by atoms with E-state index >= 15 is 0 Å². The van der Waals surface area contributed by atoms with Crippen LogP contribution in [0.3, 0.4) is 0 Å². The van der Waals surface area contributed by atoms with Crippen molar-refractivity contribution in [3.63, 3.8) is 0 Å². The number of anilines is 1. The van der Waals surface area contributed by atoms with E-state index in [1.54, 1.807) is 6.20 Å². The second-order valence-corrected chi connectivity index (χ2v) is 4.43. The van der Waals surface area contributed by atoms with Gasteiger partial charge in [-0.05, 0) is 24.3 Å². The summed E-state index contributed by atoms with van der Waals surface area (Å²) in [5, 5.41) is 0. The van der Waals surface area contributed by atoms with Gasteiger partial charge in [0, 0.05) is 43.1 Å². The van der Waals surface area contributed by atoms with Gasteiger partial charge in [0.25, 0.3) is 0 Å². The van der Waals surface area contributed by atoms with Crippen molar-refractivity contribution < 1.29 is 4.74 Å². The van der Waals surface area contributed by atoms with Gasteiger partial charge >= 0.3 is 0 Å². The summed E-state index contributed by atoms with van der Waals surface area (Å²) in [5.74, 6) is 1.68. The molecular weight excluding hydrogens is 291 g/mol. The maximum Gasteiger partial charge on any atom is 0.136 e. The highest BCUT2D eigenvalue weighted by atomic mass is 127. The summed E-state index contributed by atoms with van der Waals surface area (Å²) in [7, 11) is 0. The number of hydrogen-bond donors (Lipinski definition) is 1. The van der Waals surface area contributed by atoms with E-state index in [9.17, 15) is 0 Å². The number of rotatable bonds is 2. The highest BCUT2D eigenvalue weighted by Gasteiger charge is 1.98. The van der Waals surface area contributed by atoms with Gasteiger partial charge in [0.05, 0.1) is 0 Å². The van der Waals surface area contributed by atoms with Crippen LogP contribution < -0.4 is 10.5 Å². The van der Waals surface area contributed by atoms with Crippen LogP contribution in [0.15, 0.2) is 49.5 Å². The molecule has 4 heteroatoms. The Hall–Kier alpha value is -1.17. The van der Waals surface area contributed by atoms with Crippen LogP contribution in [0.5, 0.6) is 5.75 Å². The molecule has 0 fully saturated rings. The number of nitrogens with zero attached hydrogens (tertiary/aromatic N) is 1. The molecule has 0 aliphatic carbocycles. The third-order valence-electron chi connectivity index (χ3n) is 1.62. The second-order valence-electron chi connectivity index (χ2n) is 2.69. The lowest BCUT2D eigenvalue weighted by Crippen LogP contribution is -1.92. The Balaban J connectivity index is 2.11. The van der Waals surface area contributed by atoms with Crippen LogP contribution in [-0.2, 0) is 0 Å². The van der Waals surface area contributed by atoms with Crippen molar-refractivity contribution >= 4 is 26.7 Å². The van der Waals surface area contributed by atoms with Crippen molar-refractivity contribution in [3.05, 3.63) is 46.4 Å². The van der Waals surface area contributed by atoms with Gasteiger partial charge in [0.2, 0.25) is 0 Å². The standard InChI is InChI=1S/C10H9IN2O/c12-8-1-3-9(4-2-8)14-10-5-6-13-11-7-10/h1-7H,12H2. The molecule has 1 aromatic rings. The number of benzene rings is 1. The molecule has 0 unspecified atom stereocenters. The zero-order chi connectivity index (χ0) is 9.80. The van der Waals surface area contributed by atoms with E-state index in [1.165, 1.54) is 0 Å². The molecule has 14 heavy (non-hydrogen) atoms. The van der Waals surface area contributed by atoms with Crippen LogP contribution in [-0.4, -0.2) is 0 Å². The molecule has 1 aliphatic rings. The molecule has 0 aromatic heterocycles. The minimum absolute atomic E-state index is 0.204. The Labute approximate surface area is 92.4 Å². The first-order valence-corrected chi connectivity index (χ1v) is 6.28. The molecule has 0 radical (unpaired) electrons. The quantitative estimate of drug-likeness (QED) is 0.673. The maximum atomic E-state index is 5.60. The molecule has 0 saturated carbocycles. The van der Waals surface area contributed by atoms with E-state index in [1.807, 2.05) is 34.4 Å². The molecule has 0 saturated heterocycles. The molecular formula is C10H9IN2O. The minimum Gasteiger partial charge on any atom is -0.457 e. The Morgan fingerprint density at radius 2 is 2.00 bits per heavy atom. The lowest BCUT2D eigenvalue weighted by atomic mass is 10.3. The third kappa shape index (κ3) is 2.41. The largest absolute Gasteiger partial charge is 0.457 e. The number of hydrogen-bond acceptors (Lipinski definition) is 3. The monoisotopic (exact) mass is 300 g/mol. The molecule has 0 bridgehead atoms. The van der Waals surface area contributed by atoms with Gasteiger partial charge in [-0.15, -0.1) is 0 Å². The number of halogens is 1. The van der Waals surface area contributed by atoms with Crippen LogP contribution in [0.25, 0.3) is 0 Å². The average molecular weight is 300 g/mol. The van der Waals surface area contributed by atoms with Gasteiger partial charge in [-0.1, -0.05) is 0 Å². The van der Waals surface area contributed by atoms with Crippen LogP contribution in [0.2, 0.25) is 0 Å². The Kier molecular flexibility index (Phi) is 2.93. The average Bonchev–Trinajstić information content (AvgIpc) is 2.23. The SMILES string of the molecule is Nc1ccc(OC2=CI=NC=C2)cc1. The summed E-state index contributed by atoms with van der Waals surface area (Å²) in [6, 6.07) is 7.35. The normalized spacial score (nSPS) is 14.4. The van der Waals surface area contributed by atoms with Crippen LogP contribution in [0.1, 0.15) is 0 Å². The van der Waals surface area contributed by atoms with Crippen molar-refractivity contribution in [2.45, 2.75) is 0 Å². The first-order valence-electron chi connectivity index (χ1n) is 4.07. The van der Waals surface area contributed by atoms with Gasteiger partial charge < -0.3 is 10.5 Å². The highest BCUT2D eigenvalue weighted by molar-refractivity contribution is 14.2. The van der Waals surface area contributed by atoms with Crippen LogP contribution >= 0.6 is 21.0 Å². The highest BCUT2D eigenvalue weighted by Crippen LogP contribution is 2.21. The molecule has 0 spiro atoms. The molecule has 3 nitrogen and oxygen atoms in total. The molecule has 0 amide bonds. The summed E-state index contributed by atoms with van der Waals surface area (Å²) in [6.07, 6.45) is 3.65. The maximum absolute atomic E-state index is 5.60. The van der Waals surface area contributed by atoms with Gasteiger partial charge in [0.15, 0.2) is 0 Å². The zero-order valence-corrected chi connectivity index (χ0v) is 9.51. The summed E-state index contributed by atoms with van der Waals surface area (Å²) >= 11 is -0.204. The second kappa shape index (κ2) is 4.36. The van der Waals surface area contributed by atoms with Crippen molar-refractivity contribution in [2.75, 3.05) is 5.73 Å². The first kappa shape index (κ1) is 9.39. The van der Waals surface area contributed by atoms with Crippen LogP contribution in [0, 0.1) is 0 Å². The molecule has 1 aromatic carbocycles. The predicted octanol–water partition coefficient (Wildman–Crippen LogP) is 3.17. The summed E-state index contributed by atoms with van der Waals surface area (Å²) in [5.41, 5.74) is 6.31. The van der Waals surface area contributed by atoms with Crippen molar-refractivity contribution in [3.8, 4) is 5.75 Å². The molecule has 2 N–H and O–H groups in total. The number of nitrogen functional groups attached to an aromatic ring is 1. The molecule has 0 atom stereocenters. The van der Waals surface area contributed by atoms with Gasteiger partial charge in [-0.2, -0.15) is 0 Å². The van der Waals surface area contributed by atoms with Gasteiger partial charge in [0.1, 0.15) is 11.5 Å². The fourth-order valence-electron chi connectivity index (χ4n) is 0.975. The molecule has 1 aliphatic heterocycles. The fraction of sp³-hybridized carbons (Fsp3) is 0. The fourth-order valence-corrected chi connectivity index (χ4v) is 2.09. The van der Waals surface area contributed by atoms with Gasteiger partial charge in [-0.25, -0.2) is 3.15 Å². The Bertz CT molecular complexity index is 407. The topological polar surface area (TPSA) is 47.6 Å². The number of nitrogens with two attached hydrogens (primary N) is 1. The number of ether oxygens (including phenoxy) is 1. The van der Waals surface area contributed by atoms with Crippen molar-refractivity contribution in [1.82, 2.24) is 0 Å². The van der Waals surface area contributed by atoms with E-state index in [0.29, 0.717) is 0 Å². The summed E-state index contributed by atoms with van der Waals surface area (Å²) in [6.45, 7) is 0. The Morgan fingerprint density at radius 3 is 2.64 bits per heavy atom. The molecule has 2 rings (SSSR count). The minimum atomic E-state index is -0.204. The van der Waals surface area contributed by atoms with Crippen LogP contribution in [0.4, 0.5) is 5.69 Å². The first-order chi connectivity index (χ1) is 6.84. The van der Waals surface area contributed by atoms with E-state index < -0.39 is 0 Å². The Morgan fingerprint density at radius 1 is 1.21 bits per heavy atom. The summed E-state index contributed by atoms with van der Waals surface area (Å²) < 4.78 is 11.8. The van der Waals surface area contributed by atoms with E-state index in [0.717, 1.165) is 17.2 Å². The van der Waals surface area contributed by atoms with Crippen molar-refractivity contribution in [1.29, 1.82) is 0 Å². The lowest BCUT2D eigenvalue weighted by Gasteiger charge is -2.06. The van der Waals surface area contributed by atoms with E-state index in [-0.39, 0.29) is 21.0 Å². The lowest BCUT2D eigenvalue weighted by molar-refractivity contribution is 0.446. The smallest absolute Gasteiger partial charge is 0.136 e. The van der Waals surface area contributed by atoms with E-state index in [2.05, 4.69) is 3.15 Å². The third-order valence-corrected chi connectivity index (χ3v) is 3.16. The van der Waals surface area contributed by atoms with E-state index in [4.69, 9.17) is 10.5 Å². The van der Waals surface area contributed by atoms with Crippen molar-refractivity contribution in [2.24, 2.45) is 3.15 Å². The zero-order valence-electron chi connectivity index (χ0n) is 7.35. The number of allylic oxidation sites excluding steroid dienone is 1. The molecule has 1 heterocycles. The summed E-state index contributed by atoms with van der Waals surface area (Å²) in [4.78, 5) is 0. The predicted molar refractivity (Wildman–Crippen MR) is 65.2 cm³/mol. The molecule has 72 valence electrons.